The molecular weight excluding hydrogens is 236 g/mol. The van der Waals surface area contributed by atoms with E-state index < -0.39 is 9.05 Å². The van der Waals surface area contributed by atoms with Crippen LogP contribution in [-0.2, 0) is 15.6 Å². The maximum Gasteiger partial charge on any atom is 0.280 e. The smallest absolute Gasteiger partial charge is 0.280 e. The van der Waals surface area contributed by atoms with Gasteiger partial charge in [-0.2, -0.15) is 0 Å². The Bertz CT molecular complexity index is 414. The molecule has 15 heavy (non-hydrogen) atoms. The molecule has 0 saturated heterocycles. The van der Waals surface area contributed by atoms with Crippen LogP contribution < -0.4 is 0 Å². The van der Waals surface area contributed by atoms with E-state index in [-0.39, 0.29) is 5.03 Å². The number of aromatic nitrogens is 2. The van der Waals surface area contributed by atoms with Crippen molar-refractivity contribution in [3.63, 3.8) is 0 Å². The molecule has 0 radical (unpaired) electrons. The van der Waals surface area contributed by atoms with Crippen molar-refractivity contribution in [2.45, 2.75) is 38.3 Å². The normalized spacial score (nSPS) is 14.1. The predicted molar refractivity (Wildman–Crippen MR) is 59.3 cm³/mol. The Morgan fingerprint density at radius 2 is 2.27 bits per heavy atom. The van der Waals surface area contributed by atoms with E-state index >= 15 is 0 Å². The molecule has 0 saturated carbocycles. The zero-order valence-electron chi connectivity index (χ0n) is 8.85. The van der Waals surface area contributed by atoms with Crippen molar-refractivity contribution in [3.8, 4) is 0 Å². The summed E-state index contributed by atoms with van der Waals surface area (Å²) in [5, 5.41) is -0.0761. The van der Waals surface area contributed by atoms with E-state index in [0.717, 1.165) is 19.4 Å². The zero-order valence-corrected chi connectivity index (χ0v) is 10.4. The number of halogens is 1. The molecule has 0 spiro atoms. The minimum atomic E-state index is -3.69. The van der Waals surface area contributed by atoms with Crippen LogP contribution in [0.25, 0.3) is 0 Å². The van der Waals surface area contributed by atoms with Gasteiger partial charge in [0.1, 0.15) is 0 Å². The molecule has 1 unspecified atom stereocenters. The topological polar surface area (TPSA) is 52.0 Å². The molecule has 1 aromatic heterocycles. The van der Waals surface area contributed by atoms with Crippen molar-refractivity contribution in [2.75, 3.05) is 0 Å². The number of hydrogen-bond acceptors (Lipinski definition) is 3. The van der Waals surface area contributed by atoms with Crippen LogP contribution in [0.5, 0.6) is 0 Å². The lowest BCUT2D eigenvalue weighted by molar-refractivity contribution is 0.445. The Labute approximate surface area is 94.7 Å². The lowest BCUT2D eigenvalue weighted by Gasteiger charge is -2.09. The van der Waals surface area contributed by atoms with Crippen LogP contribution in [0.3, 0.4) is 0 Å². The summed E-state index contributed by atoms with van der Waals surface area (Å²) in [6.07, 6.45) is 5.20. The van der Waals surface area contributed by atoms with Gasteiger partial charge in [-0.25, -0.2) is 13.4 Å². The summed E-state index contributed by atoms with van der Waals surface area (Å²) in [6.45, 7) is 5.02. The fourth-order valence-electron chi connectivity index (χ4n) is 1.51. The van der Waals surface area contributed by atoms with Gasteiger partial charge in [0.25, 0.3) is 9.05 Å². The van der Waals surface area contributed by atoms with Gasteiger partial charge in [-0.15, -0.1) is 0 Å². The van der Waals surface area contributed by atoms with Gasteiger partial charge in [-0.3, -0.25) is 0 Å². The van der Waals surface area contributed by atoms with Crippen LogP contribution in [0.2, 0.25) is 0 Å². The van der Waals surface area contributed by atoms with E-state index in [1.54, 1.807) is 4.57 Å². The van der Waals surface area contributed by atoms with E-state index in [2.05, 4.69) is 18.8 Å². The van der Waals surface area contributed by atoms with Gasteiger partial charge in [-0.05, 0) is 12.3 Å². The maximum absolute atomic E-state index is 10.9. The Kier molecular flexibility index (Phi) is 4.16. The molecule has 1 rings (SSSR count). The van der Waals surface area contributed by atoms with Crippen LogP contribution >= 0.6 is 10.7 Å². The lowest BCUT2D eigenvalue weighted by atomic mass is 10.1. The monoisotopic (exact) mass is 250 g/mol. The highest BCUT2D eigenvalue weighted by molar-refractivity contribution is 8.13. The molecule has 4 nitrogen and oxygen atoms in total. The van der Waals surface area contributed by atoms with Crippen LogP contribution in [0, 0.1) is 5.92 Å². The minimum absolute atomic E-state index is 0.0761. The third-order valence-corrected chi connectivity index (χ3v) is 3.35. The molecule has 0 fully saturated rings. The van der Waals surface area contributed by atoms with E-state index in [1.807, 2.05) is 0 Å². The van der Waals surface area contributed by atoms with Gasteiger partial charge in [0, 0.05) is 23.4 Å². The molecule has 0 aliphatic carbocycles. The van der Waals surface area contributed by atoms with Crippen LogP contribution in [-0.4, -0.2) is 18.0 Å². The minimum Gasteiger partial charge on any atom is -0.336 e. The molecule has 86 valence electrons. The summed E-state index contributed by atoms with van der Waals surface area (Å²) in [5.41, 5.74) is 0. The largest absolute Gasteiger partial charge is 0.336 e. The molecule has 1 aromatic rings. The summed E-state index contributed by atoms with van der Waals surface area (Å²) < 4.78 is 23.7. The summed E-state index contributed by atoms with van der Waals surface area (Å²) in [5.74, 6) is 0.509. The molecular formula is C9H15ClN2O2S. The summed E-state index contributed by atoms with van der Waals surface area (Å²) in [4.78, 5) is 3.74. The van der Waals surface area contributed by atoms with Gasteiger partial charge >= 0.3 is 0 Å². The van der Waals surface area contributed by atoms with Crippen molar-refractivity contribution in [1.29, 1.82) is 0 Å². The molecule has 0 amide bonds. The van der Waals surface area contributed by atoms with Crippen molar-refractivity contribution in [1.82, 2.24) is 9.55 Å². The number of rotatable bonds is 5. The van der Waals surface area contributed by atoms with Crippen molar-refractivity contribution < 1.29 is 8.42 Å². The van der Waals surface area contributed by atoms with Crippen molar-refractivity contribution >= 4 is 19.7 Å². The first kappa shape index (κ1) is 12.5. The van der Waals surface area contributed by atoms with Gasteiger partial charge in [0.2, 0.25) is 0 Å². The van der Waals surface area contributed by atoms with E-state index in [4.69, 9.17) is 10.7 Å². The molecule has 0 N–H and O–H groups in total. The second-order valence-electron chi connectivity index (χ2n) is 3.74. The zero-order chi connectivity index (χ0) is 11.5. The molecule has 0 aliphatic rings. The number of imidazole rings is 1. The predicted octanol–water partition coefficient (Wildman–Crippen LogP) is 2.25. The Morgan fingerprint density at radius 3 is 2.73 bits per heavy atom. The standard InChI is InChI=1S/C9H15ClN2O2S/c1-3-4-8(2)5-12-6-9(11-7-12)15(10,13)14/h6-8H,3-5H2,1-2H3. The third-order valence-electron chi connectivity index (χ3n) is 2.16. The fourth-order valence-corrected chi connectivity index (χ4v) is 2.18. The highest BCUT2D eigenvalue weighted by Gasteiger charge is 2.13. The van der Waals surface area contributed by atoms with Gasteiger partial charge in [-0.1, -0.05) is 20.3 Å². The first-order valence-corrected chi connectivity index (χ1v) is 7.21. The number of hydrogen-bond donors (Lipinski definition) is 0. The van der Waals surface area contributed by atoms with Gasteiger partial charge < -0.3 is 4.57 Å². The summed E-state index contributed by atoms with van der Waals surface area (Å²) in [7, 11) is 1.48. The van der Waals surface area contributed by atoms with Gasteiger partial charge in [0.05, 0.1) is 6.33 Å². The van der Waals surface area contributed by atoms with E-state index in [0.29, 0.717) is 5.92 Å². The molecule has 0 bridgehead atoms. The summed E-state index contributed by atoms with van der Waals surface area (Å²) >= 11 is 0. The summed E-state index contributed by atoms with van der Waals surface area (Å²) in [6, 6.07) is 0. The van der Waals surface area contributed by atoms with E-state index in [1.165, 1.54) is 12.5 Å². The Hall–Kier alpha value is -0.550. The lowest BCUT2D eigenvalue weighted by Crippen LogP contribution is -2.05. The SMILES string of the molecule is CCCC(C)Cn1cnc(S(=O)(=O)Cl)c1. The molecule has 1 atom stereocenters. The third kappa shape index (κ3) is 3.83. The first-order valence-electron chi connectivity index (χ1n) is 4.90. The fraction of sp³-hybridized carbons (Fsp3) is 0.667. The Morgan fingerprint density at radius 1 is 1.60 bits per heavy atom. The van der Waals surface area contributed by atoms with Crippen LogP contribution in [0.1, 0.15) is 26.7 Å². The van der Waals surface area contributed by atoms with Crippen molar-refractivity contribution in [2.24, 2.45) is 5.92 Å². The van der Waals surface area contributed by atoms with Crippen molar-refractivity contribution in [3.05, 3.63) is 12.5 Å². The van der Waals surface area contributed by atoms with Crippen LogP contribution in [0.15, 0.2) is 17.6 Å². The highest BCUT2D eigenvalue weighted by atomic mass is 35.7. The van der Waals surface area contributed by atoms with Gasteiger partial charge in [0.15, 0.2) is 5.03 Å². The number of nitrogens with zero attached hydrogens (tertiary/aromatic N) is 2. The quantitative estimate of drug-likeness (QED) is 0.753. The molecule has 6 heteroatoms. The molecule has 1 heterocycles. The molecule has 0 aliphatic heterocycles. The average molecular weight is 251 g/mol. The average Bonchev–Trinajstić information content (AvgIpc) is 2.52. The molecule has 0 aromatic carbocycles. The Balaban J connectivity index is 2.69. The van der Waals surface area contributed by atoms with Crippen LogP contribution in [0.4, 0.5) is 0 Å². The first-order chi connectivity index (χ1) is 6.93. The second kappa shape index (κ2) is 4.99. The highest BCUT2D eigenvalue weighted by Crippen LogP contribution is 2.14. The maximum atomic E-state index is 10.9. The van der Waals surface area contributed by atoms with E-state index in [9.17, 15) is 8.42 Å². The second-order valence-corrected chi connectivity index (χ2v) is 6.25.